The molecule has 0 bridgehead atoms. The average Bonchev–Trinajstić information content (AvgIpc) is 2.42. The third kappa shape index (κ3) is 3.09. The summed E-state index contributed by atoms with van der Waals surface area (Å²) in [4.78, 5) is 35.8. The third-order valence-corrected chi connectivity index (χ3v) is 2.99. The Labute approximate surface area is 115 Å². The number of carbonyl (C=O) groups excluding carboxylic acids is 3. The van der Waals surface area contributed by atoms with Crippen molar-refractivity contribution in [2.75, 3.05) is 6.54 Å². The summed E-state index contributed by atoms with van der Waals surface area (Å²) in [6.07, 6.45) is 2.76. The number of halogens is 1. The first-order chi connectivity index (χ1) is 9.47. The van der Waals surface area contributed by atoms with Crippen molar-refractivity contribution >= 4 is 23.8 Å². The number of hydrogen-bond acceptors (Lipinski definition) is 3. The summed E-state index contributed by atoms with van der Waals surface area (Å²) in [7, 11) is 0. The van der Waals surface area contributed by atoms with Crippen LogP contribution in [0.15, 0.2) is 30.3 Å². The normalized spacial score (nSPS) is 19.3. The number of carbonyl (C=O) groups is 3. The van der Waals surface area contributed by atoms with E-state index in [1.807, 2.05) is 0 Å². The number of amides is 3. The molecule has 1 atom stereocenters. The SMILES string of the molecule is CC1C(=O)NC(=O)CN1C(=O)C=Cc1ccc(F)cc1. The summed E-state index contributed by atoms with van der Waals surface area (Å²) in [6.45, 7) is 1.39. The van der Waals surface area contributed by atoms with E-state index in [1.54, 1.807) is 6.92 Å². The van der Waals surface area contributed by atoms with Crippen molar-refractivity contribution in [1.29, 1.82) is 0 Å². The number of rotatable bonds is 2. The lowest BCUT2D eigenvalue weighted by Gasteiger charge is -2.30. The maximum Gasteiger partial charge on any atom is 0.249 e. The summed E-state index contributed by atoms with van der Waals surface area (Å²) < 4.78 is 12.7. The molecule has 3 amide bonds. The maximum atomic E-state index is 12.7. The largest absolute Gasteiger partial charge is 0.318 e. The van der Waals surface area contributed by atoms with Gasteiger partial charge in [0.2, 0.25) is 17.7 Å². The van der Waals surface area contributed by atoms with Crippen LogP contribution in [0.2, 0.25) is 0 Å². The van der Waals surface area contributed by atoms with Crippen LogP contribution < -0.4 is 5.32 Å². The van der Waals surface area contributed by atoms with Gasteiger partial charge in [-0.1, -0.05) is 12.1 Å². The van der Waals surface area contributed by atoms with E-state index in [1.165, 1.54) is 41.3 Å². The van der Waals surface area contributed by atoms with E-state index in [0.717, 1.165) is 0 Å². The lowest BCUT2D eigenvalue weighted by atomic mass is 10.1. The molecule has 2 rings (SSSR count). The smallest absolute Gasteiger partial charge is 0.249 e. The molecule has 1 fully saturated rings. The van der Waals surface area contributed by atoms with Gasteiger partial charge in [-0.05, 0) is 30.7 Å². The molecule has 20 heavy (non-hydrogen) atoms. The minimum absolute atomic E-state index is 0.153. The fourth-order valence-electron chi connectivity index (χ4n) is 1.82. The molecule has 1 aromatic rings. The van der Waals surface area contributed by atoms with E-state index in [-0.39, 0.29) is 12.4 Å². The van der Waals surface area contributed by atoms with Crippen molar-refractivity contribution in [3.8, 4) is 0 Å². The second-order valence-corrected chi connectivity index (χ2v) is 4.44. The highest BCUT2D eigenvalue weighted by Gasteiger charge is 2.32. The van der Waals surface area contributed by atoms with Crippen molar-refractivity contribution in [3.05, 3.63) is 41.7 Å². The molecule has 1 heterocycles. The molecule has 1 saturated heterocycles. The molecule has 0 aliphatic carbocycles. The zero-order valence-electron chi connectivity index (χ0n) is 10.8. The Morgan fingerprint density at radius 2 is 2.00 bits per heavy atom. The average molecular weight is 276 g/mol. The van der Waals surface area contributed by atoms with Gasteiger partial charge in [-0.3, -0.25) is 19.7 Å². The van der Waals surface area contributed by atoms with E-state index in [4.69, 9.17) is 0 Å². The minimum atomic E-state index is -0.696. The Balaban J connectivity index is 2.09. The molecule has 5 nitrogen and oxygen atoms in total. The van der Waals surface area contributed by atoms with Crippen LogP contribution in [0.5, 0.6) is 0 Å². The predicted molar refractivity (Wildman–Crippen MR) is 69.8 cm³/mol. The van der Waals surface area contributed by atoms with Gasteiger partial charge in [-0.2, -0.15) is 0 Å². The maximum absolute atomic E-state index is 12.7. The van der Waals surface area contributed by atoms with Gasteiger partial charge in [0.15, 0.2) is 0 Å². The summed E-state index contributed by atoms with van der Waals surface area (Å²) in [5.41, 5.74) is 0.653. The molecular weight excluding hydrogens is 263 g/mol. The van der Waals surface area contributed by atoms with E-state index in [9.17, 15) is 18.8 Å². The van der Waals surface area contributed by atoms with Gasteiger partial charge in [-0.25, -0.2) is 4.39 Å². The number of imide groups is 1. The second kappa shape index (κ2) is 5.64. The minimum Gasteiger partial charge on any atom is -0.318 e. The Morgan fingerprint density at radius 1 is 1.35 bits per heavy atom. The molecule has 1 aliphatic rings. The number of hydrogen-bond donors (Lipinski definition) is 1. The van der Waals surface area contributed by atoms with Crippen molar-refractivity contribution < 1.29 is 18.8 Å². The first-order valence-electron chi connectivity index (χ1n) is 6.05. The van der Waals surface area contributed by atoms with E-state index in [2.05, 4.69) is 5.32 Å². The van der Waals surface area contributed by atoms with Crippen LogP contribution in [0.3, 0.4) is 0 Å². The second-order valence-electron chi connectivity index (χ2n) is 4.44. The van der Waals surface area contributed by atoms with Gasteiger partial charge >= 0.3 is 0 Å². The number of nitrogens with zero attached hydrogens (tertiary/aromatic N) is 1. The Morgan fingerprint density at radius 3 is 2.65 bits per heavy atom. The summed E-state index contributed by atoms with van der Waals surface area (Å²) in [6, 6.07) is 4.92. The Bertz CT molecular complexity index is 581. The van der Waals surface area contributed by atoms with Crippen LogP contribution in [0.25, 0.3) is 6.08 Å². The molecule has 0 saturated carbocycles. The topological polar surface area (TPSA) is 66.5 Å². The van der Waals surface area contributed by atoms with Crippen molar-refractivity contribution in [2.45, 2.75) is 13.0 Å². The standard InChI is InChI=1S/C14H13FN2O3/c1-9-14(20)16-12(18)8-17(9)13(19)7-4-10-2-5-11(15)6-3-10/h2-7,9H,8H2,1H3,(H,16,18,20). The van der Waals surface area contributed by atoms with Gasteiger partial charge in [0.05, 0.1) is 0 Å². The summed E-state index contributed by atoms with van der Waals surface area (Å²) >= 11 is 0. The van der Waals surface area contributed by atoms with E-state index < -0.39 is 23.8 Å². The number of nitrogens with one attached hydrogen (secondary N) is 1. The van der Waals surface area contributed by atoms with Gasteiger partial charge in [0, 0.05) is 6.08 Å². The van der Waals surface area contributed by atoms with Gasteiger partial charge in [0.1, 0.15) is 18.4 Å². The molecule has 104 valence electrons. The molecule has 1 aliphatic heterocycles. The molecule has 1 aromatic carbocycles. The van der Waals surface area contributed by atoms with Crippen LogP contribution in [-0.4, -0.2) is 35.2 Å². The summed E-state index contributed by atoms with van der Waals surface area (Å²) in [5.74, 6) is -1.80. The molecule has 0 aromatic heterocycles. The lowest BCUT2D eigenvalue weighted by molar-refractivity contribution is -0.147. The Hall–Kier alpha value is -2.50. The van der Waals surface area contributed by atoms with Crippen molar-refractivity contribution in [2.24, 2.45) is 0 Å². The zero-order chi connectivity index (χ0) is 14.7. The highest BCUT2D eigenvalue weighted by molar-refractivity contribution is 6.06. The van der Waals surface area contributed by atoms with Crippen LogP contribution in [0.4, 0.5) is 4.39 Å². The van der Waals surface area contributed by atoms with Crippen molar-refractivity contribution in [1.82, 2.24) is 10.2 Å². The van der Waals surface area contributed by atoms with E-state index >= 15 is 0 Å². The molecule has 6 heteroatoms. The molecule has 1 N–H and O–H groups in total. The molecule has 0 radical (unpaired) electrons. The van der Waals surface area contributed by atoms with Crippen LogP contribution in [0.1, 0.15) is 12.5 Å². The van der Waals surface area contributed by atoms with E-state index in [0.29, 0.717) is 5.56 Å². The third-order valence-electron chi connectivity index (χ3n) is 2.99. The highest BCUT2D eigenvalue weighted by atomic mass is 19.1. The highest BCUT2D eigenvalue weighted by Crippen LogP contribution is 2.08. The van der Waals surface area contributed by atoms with Crippen LogP contribution in [0, 0.1) is 5.82 Å². The quantitative estimate of drug-likeness (QED) is 0.639. The van der Waals surface area contributed by atoms with Crippen LogP contribution in [-0.2, 0) is 14.4 Å². The molecule has 1 unspecified atom stereocenters. The molecule has 0 spiro atoms. The van der Waals surface area contributed by atoms with Crippen molar-refractivity contribution in [3.63, 3.8) is 0 Å². The monoisotopic (exact) mass is 276 g/mol. The fourth-order valence-corrected chi connectivity index (χ4v) is 1.82. The lowest BCUT2D eigenvalue weighted by Crippen LogP contribution is -2.58. The first kappa shape index (κ1) is 13.9. The van der Waals surface area contributed by atoms with Gasteiger partial charge in [-0.15, -0.1) is 0 Å². The van der Waals surface area contributed by atoms with Gasteiger partial charge < -0.3 is 4.90 Å². The van der Waals surface area contributed by atoms with Crippen LogP contribution >= 0.6 is 0 Å². The number of piperazine rings is 1. The fraction of sp³-hybridized carbons (Fsp3) is 0.214. The first-order valence-corrected chi connectivity index (χ1v) is 6.05. The summed E-state index contributed by atoms with van der Waals surface area (Å²) in [5, 5.41) is 2.16. The Kier molecular flexibility index (Phi) is 3.93. The zero-order valence-corrected chi connectivity index (χ0v) is 10.8. The van der Waals surface area contributed by atoms with Gasteiger partial charge in [0.25, 0.3) is 0 Å². The molecular formula is C14H13FN2O3. The predicted octanol–water partition coefficient (Wildman–Crippen LogP) is 0.712. The number of benzene rings is 1.